The molecule has 0 radical (unpaired) electrons. The molecular weight excluding hydrogens is 248 g/mol. The Hall–Kier alpha value is -0.120. The first kappa shape index (κ1) is 17.9. The minimum absolute atomic E-state index is 0.285. The van der Waals surface area contributed by atoms with E-state index in [9.17, 15) is 0 Å². The average molecular weight is 284 g/mol. The fourth-order valence-electron chi connectivity index (χ4n) is 3.81. The van der Waals surface area contributed by atoms with E-state index in [0.717, 1.165) is 25.7 Å². The second kappa shape index (κ2) is 9.01. The highest BCUT2D eigenvalue weighted by molar-refractivity contribution is 4.98. The van der Waals surface area contributed by atoms with Crippen molar-refractivity contribution in [1.29, 1.82) is 0 Å². The summed E-state index contributed by atoms with van der Waals surface area (Å²) in [5.41, 5.74) is 0.285. The van der Waals surface area contributed by atoms with E-state index in [4.69, 9.17) is 4.74 Å². The first-order chi connectivity index (χ1) is 9.60. The standard InChI is InChI=1S/C17H36N2O/c1-6-11-18-16(14-15-9-12-20-13-10-15)17(7-2,8-3)19(4)5/h15-16,18H,6-14H2,1-5H3. The van der Waals surface area contributed by atoms with Crippen LogP contribution >= 0.6 is 0 Å². The zero-order valence-corrected chi connectivity index (χ0v) is 14.4. The number of hydrogen-bond acceptors (Lipinski definition) is 3. The lowest BCUT2D eigenvalue weighted by molar-refractivity contribution is 0.0361. The van der Waals surface area contributed by atoms with Crippen LogP contribution in [0.3, 0.4) is 0 Å². The second-order valence-corrected chi connectivity index (χ2v) is 6.50. The highest BCUT2D eigenvalue weighted by Crippen LogP contribution is 2.32. The van der Waals surface area contributed by atoms with Crippen molar-refractivity contribution in [2.75, 3.05) is 33.9 Å². The smallest absolute Gasteiger partial charge is 0.0468 e. The molecule has 3 heteroatoms. The molecule has 0 spiro atoms. The monoisotopic (exact) mass is 284 g/mol. The van der Waals surface area contributed by atoms with E-state index < -0.39 is 0 Å². The fraction of sp³-hybridized carbons (Fsp3) is 1.00. The Labute approximate surface area is 126 Å². The first-order valence-corrected chi connectivity index (χ1v) is 8.59. The van der Waals surface area contributed by atoms with Crippen molar-refractivity contribution in [2.24, 2.45) is 5.92 Å². The number of hydrogen-bond donors (Lipinski definition) is 1. The summed E-state index contributed by atoms with van der Waals surface area (Å²) in [7, 11) is 4.50. The average Bonchev–Trinajstić information content (AvgIpc) is 2.47. The molecule has 1 aliphatic rings. The number of rotatable bonds is 9. The van der Waals surface area contributed by atoms with Crippen LogP contribution in [0.1, 0.15) is 59.3 Å². The highest BCUT2D eigenvalue weighted by Gasteiger charge is 2.38. The molecule has 1 rings (SSSR count). The summed E-state index contributed by atoms with van der Waals surface area (Å²) >= 11 is 0. The lowest BCUT2D eigenvalue weighted by Crippen LogP contribution is -2.59. The topological polar surface area (TPSA) is 24.5 Å². The number of nitrogens with zero attached hydrogens (tertiary/aromatic N) is 1. The van der Waals surface area contributed by atoms with E-state index in [1.165, 1.54) is 38.5 Å². The van der Waals surface area contributed by atoms with Gasteiger partial charge in [0.2, 0.25) is 0 Å². The maximum Gasteiger partial charge on any atom is 0.0468 e. The molecule has 0 amide bonds. The molecule has 1 N–H and O–H groups in total. The van der Waals surface area contributed by atoms with Gasteiger partial charge in [-0.3, -0.25) is 0 Å². The van der Waals surface area contributed by atoms with Crippen molar-refractivity contribution in [1.82, 2.24) is 10.2 Å². The van der Waals surface area contributed by atoms with Gasteiger partial charge in [0.05, 0.1) is 0 Å². The molecule has 0 aromatic rings. The van der Waals surface area contributed by atoms with Crippen molar-refractivity contribution in [3.63, 3.8) is 0 Å². The molecule has 0 bridgehead atoms. The molecule has 0 aromatic carbocycles. The molecule has 20 heavy (non-hydrogen) atoms. The molecule has 0 aromatic heterocycles. The Morgan fingerprint density at radius 1 is 1.15 bits per heavy atom. The van der Waals surface area contributed by atoms with Crippen LogP contribution in [-0.4, -0.2) is 50.3 Å². The Kier molecular flexibility index (Phi) is 8.08. The van der Waals surface area contributed by atoms with Crippen LogP contribution in [0.2, 0.25) is 0 Å². The van der Waals surface area contributed by atoms with Gasteiger partial charge in [-0.05, 0) is 65.1 Å². The summed E-state index contributed by atoms with van der Waals surface area (Å²) < 4.78 is 5.52. The van der Waals surface area contributed by atoms with Crippen LogP contribution in [0.15, 0.2) is 0 Å². The summed E-state index contributed by atoms with van der Waals surface area (Å²) in [5, 5.41) is 3.86. The zero-order valence-electron chi connectivity index (χ0n) is 14.4. The molecule has 0 saturated carbocycles. The maximum atomic E-state index is 5.52. The highest BCUT2D eigenvalue weighted by atomic mass is 16.5. The minimum atomic E-state index is 0.285. The Balaban J connectivity index is 2.78. The SMILES string of the molecule is CCCNC(CC1CCOCC1)C(CC)(CC)N(C)C. The molecule has 0 aliphatic carbocycles. The predicted molar refractivity (Wildman–Crippen MR) is 87.2 cm³/mol. The third kappa shape index (κ3) is 4.44. The summed E-state index contributed by atoms with van der Waals surface area (Å²) in [6, 6.07) is 0.593. The predicted octanol–water partition coefficient (Wildman–Crippen LogP) is 3.29. The van der Waals surface area contributed by atoms with Crippen LogP contribution in [0.4, 0.5) is 0 Å². The van der Waals surface area contributed by atoms with E-state index in [1.807, 2.05) is 0 Å². The van der Waals surface area contributed by atoms with Gasteiger partial charge in [-0.1, -0.05) is 20.8 Å². The second-order valence-electron chi connectivity index (χ2n) is 6.50. The third-order valence-corrected chi connectivity index (χ3v) is 5.31. The molecule has 1 atom stereocenters. The van der Waals surface area contributed by atoms with Crippen LogP contribution < -0.4 is 5.32 Å². The third-order valence-electron chi connectivity index (χ3n) is 5.31. The van der Waals surface area contributed by atoms with Gasteiger partial charge >= 0.3 is 0 Å². The lowest BCUT2D eigenvalue weighted by Gasteiger charge is -2.47. The Morgan fingerprint density at radius 3 is 2.20 bits per heavy atom. The summed E-state index contributed by atoms with van der Waals surface area (Å²) in [5.74, 6) is 0.829. The fourth-order valence-corrected chi connectivity index (χ4v) is 3.81. The Morgan fingerprint density at radius 2 is 1.75 bits per heavy atom. The van der Waals surface area contributed by atoms with Crippen molar-refractivity contribution in [2.45, 2.75) is 70.9 Å². The van der Waals surface area contributed by atoms with E-state index in [-0.39, 0.29) is 5.54 Å². The molecule has 1 fully saturated rings. The van der Waals surface area contributed by atoms with Gasteiger partial charge in [-0.15, -0.1) is 0 Å². The van der Waals surface area contributed by atoms with Crippen LogP contribution in [-0.2, 0) is 4.74 Å². The molecule has 1 saturated heterocycles. The van der Waals surface area contributed by atoms with E-state index >= 15 is 0 Å². The molecule has 1 aliphatic heterocycles. The molecule has 1 heterocycles. The minimum Gasteiger partial charge on any atom is -0.381 e. The molecule has 120 valence electrons. The van der Waals surface area contributed by atoms with E-state index in [0.29, 0.717) is 6.04 Å². The Bertz CT molecular complexity index is 245. The van der Waals surface area contributed by atoms with Crippen LogP contribution in [0, 0.1) is 5.92 Å². The van der Waals surface area contributed by atoms with Gasteiger partial charge < -0.3 is 15.0 Å². The van der Waals surface area contributed by atoms with Crippen LogP contribution in [0.5, 0.6) is 0 Å². The van der Waals surface area contributed by atoms with Gasteiger partial charge in [0.25, 0.3) is 0 Å². The van der Waals surface area contributed by atoms with Crippen molar-refractivity contribution >= 4 is 0 Å². The quantitative estimate of drug-likeness (QED) is 0.703. The lowest BCUT2D eigenvalue weighted by atomic mass is 9.77. The largest absolute Gasteiger partial charge is 0.381 e. The van der Waals surface area contributed by atoms with Crippen LogP contribution in [0.25, 0.3) is 0 Å². The van der Waals surface area contributed by atoms with Gasteiger partial charge in [0, 0.05) is 24.8 Å². The van der Waals surface area contributed by atoms with Gasteiger partial charge in [-0.25, -0.2) is 0 Å². The van der Waals surface area contributed by atoms with Crippen molar-refractivity contribution < 1.29 is 4.74 Å². The number of likely N-dealkylation sites (N-methyl/N-ethyl adjacent to an activating group) is 1. The summed E-state index contributed by atoms with van der Waals surface area (Å²) in [4.78, 5) is 2.46. The van der Waals surface area contributed by atoms with Gasteiger partial charge in [0.1, 0.15) is 0 Å². The molecule has 1 unspecified atom stereocenters. The van der Waals surface area contributed by atoms with Crippen molar-refractivity contribution in [3.8, 4) is 0 Å². The summed E-state index contributed by atoms with van der Waals surface area (Å²) in [6.07, 6.45) is 7.40. The molecular formula is C17H36N2O. The normalized spacial score (nSPS) is 19.5. The van der Waals surface area contributed by atoms with Gasteiger partial charge in [-0.2, -0.15) is 0 Å². The zero-order chi connectivity index (χ0) is 15.0. The number of nitrogens with one attached hydrogen (secondary N) is 1. The van der Waals surface area contributed by atoms with E-state index in [2.05, 4.69) is 45.1 Å². The number of ether oxygens (including phenoxy) is 1. The van der Waals surface area contributed by atoms with E-state index in [1.54, 1.807) is 0 Å². The summed E-state index contributed by atoms with van der Waals surface area (Å²) in [6.45, 7) is 9.98. The molecule has 3 nitrogen and oxygen atoms in total. The maximum absolute atomic E-state index is 5.52. The first-order valence-electron chi connectivity index (χ1n) is 8.59. The van der Waals surface area contributed by atoms with Gasteiger partial charge in [0.15, 0.2) is 0 Å². The van der Waals surface area contributed by atoms with Crippen molar-refractivity contribution in [3.05, 3.63) is 0 Å².